The fourth-order valence-corrected chi connectivity index (χ4v) is 3.70. The molecule has 2 saturated heterocycles. The van der Waals surface area contributed by atoms with Crippen LogP contribution in [0.5, 0.6) is 0 Å². The molecule has 0 bridgehead atoms. The lowest BCUT2D eigenvalue weighted by Gasteiger charge is -2.34. The van der Waals surface area contributed by atoms with Gasteiger partial charge in [0.05, 0.1) is 0 Å². The van der Waals surface area contributed by atoms with Gasteiger partial charge in [-0.3, -0.25) is 14.5 Å². The first-order valence-electron chi connectivity index (χ1n) is 7.76. The van der Waals surface area contributed by atoms with E-state index in [1.54, 1.807) is 0 Å². The smallest absolute Gasteiger partial charge is 0.245 e. The molecular formula is C15H27N3O2S. The van der Waals surface area contributed by atoms with Crippen LogP contribution in [-0.2, 0) is 9.59 Å². The van der Waals surface area contributed by atoms with Crippen molar-refractivity contribution in [2.45, 2.75) is 33.2 Å². The molecule has 2 aliphatic heterocycles. The summed E-state index contributed by atoms with van der Waals surface area (Å²) in [6.07, 6.45) is 0.411. The predicted octanol–water partition coefficient (Wildman–Crippen LogP) is 0.798. The summed E-state index contributed by atoms with van der Waals surface area (Å²) in [4.78, 5) is 28.8. The van der Waals surface area contributed by atoms with Gasteiger partial charge >= 0.3 is 0 Å². The average Bonchev–Trinajstić information content (AvgIpc) is 2.57. The lowest BCUT2D eigenvalue weighted by atomic mass is 9.86. The molecule has 2 amide bonds. The van der Waals surface area contributed by atoms with Crippen LogP contribution >= 0.6 is 11.8 Å². The molecule has 1 N–H and O–H groups in total. The number of carbonyl (C=O) groups is 2. The van der Waals surface area contributed by atoms with Gasteiger partial charge in [0.15, 0.2) is 0 Å². The maximum Gasteiger partial charge on any atom is 0.245 e. The van der Waals surface area contributed by atoms with Crippen molar-refractivity contribution in [1.29, 1.82) is 0 Å². The molecule has 120 valence electrons. The van der Waals surface area contributed by atoms with Gasteiger partial charge in [0.1, 0.15) is 6.04 Å². The Kier molecular flexibility index (Phi) is 5.54. The molecule has 1 unspecified atom stereocenters. The van der Waals surface area contributed by atoms with Crippen molar-refractivity contribution in [3.05, 3.63) is 0 Å². The zero-order valence-corrected chi connectivity index (χ0v) is 14.2. The first-order chi connectivity index (χ1) is 9.88. The van der Waals surface area contributed by atoms with Gasteiger partial charge in [-0.15, -0.1) is 0 Å². The first kappa shape index (κ1) is 16.6. The van der Waals surface area contributed by atoms with Crippen LogP contribution in [0.25, 0.3) is 0 Å². The molecule has 0 aromatic rings. The van der Waals surface area contributed by atoms with E-state index in [2.05, 4.69) is 10.2 Å². The van der Waals surface area contributed by atoms with Crippen LogP contribution in [0, 0.1) is 5.41 Å². The molecule has 0 saturated carbocycles. The van der Waals surface area contributed by atoms with Gasteiger partial charge in [-0.05, 0) is 5.41 Å². The van der Waals surface area contributed by atoms with Crippen molar-refractivity contribution >= 4 is 23.6 Å². The average molecular weight is 313 g/mol. The maximum atomic E-state index is 12.7. The summed E-state index contributed by atoms with van der Waals surface area (Å²) in [6, 6.07) is -0.413. The van der Waals surface area contributed by atoms with E-state index in [1.165, 1.54) is 11.5 Å². The van der Waals surface area contributed by atoms with Crippen molar-refractivity contribution in [2.24, 2.45) is 5.41 Å². The van der Waals surface area contributed by atoms with Crippen LogP contribution in [0.2, 0.25) is 0 Å². The van der Waals surface area contributed by atoms with Crippen molar-refractivity contribution in [1.82, 2.24) is 15.1 Å². The highest BCUT2D eigenvalue weighted by Gasteiger charge is 2.37. The Morgan fingerprint density at radius 1 is 1.14 bits per heavy atom. The molecule has 2 rings (SSSR count). The monoisotopic (exact) mass is 313 g/mol. The third-order valence-electron chi connectivity index (χ3n) is 4.13. The summed E-state index contributed by atoms with van der Waals surface area (Å²) in [5, 5.41) is 2.89. The topological polar surface area (TPSA) is 52.7 Å². The summed E-state index contributed by atoms with van der Waals surface area (Å²) in [6.45, 7) is 10.4. The fourth-order valence-electron chi connectivity index (χ4n) is 2.72. The van der Waals surface area contributed by atoms with Crippen molar-refractivity contribution < 1.29 is 9.59 Å². The van der Waals surface area contributed by atoms with Crippen LogP contribution in [0.4, 0.5) is 0 Å². The summed E-state index contributed by atoms with van der Waals surface area (Å²) in [5.41, 5.74) is -0.253. The molecule has 21 heavy (non-hydrogen) atoms. The van der Waals surface area contributed by atoms with Gasteiger partial charge in [-0.1, -0.05) is 20.8 Å². The minimum absolute atomic E-state index is 0.0138. The molecule has 0 aromatic carbocycles. The SMILES string of the molecule is CC(C)(C)C1NC(=O)CCN(CCN2CCSCC2)C1=O. The zero-order chi connectivity index (χ0) is 15.5. The zero-order valence-electron chi connectivity index (χ0n) is 13.4. The lowest BCUT2D eigenvalue weighted by Crippen LogP contribution is -2.53. The van der Waals surface area contributed by atoms with E-state index < -0.39 is 6.04 Å². The molecule has 0 spiro atoms. The molecule has 2 fully saturated rings. The fraction of sp³-hybridized carbons (Fsp3) is 0.867. The Morgan fingerprint density at radius 3 is 2.43 bits per heavy atom. The van der Waals surface area contributed by atoms with Crippen molar-refractivity contribution in [2.75, 3.05) is 44.2 Å². The van der Waals surface area contributed by atoms with Crippen molar-refractivity contribution in [3.63, 3.8) is 0 Å². The van der Waals surface area contributed by atoms with Gasteiger partial charge in [0.2, 0.25) is 11.8 Å². The number of rotatable bonds is 3. The molecule has 0 radical (unpaired) electrons. The molecule has 0 aliphatic carbocycles. The van der Waals surface area contributed by atoms with E-state index in [-0.39, 0.29) is 17.2 Å². The van der Waals surface area contributed by atoms with E-state index in [9.17, 15) is 9.59 Å². The number of hydrogen-bond acceptors (Lipinski definition) is 4. The van der Waals surface area contributed by atoms with Gasteiger partial charge in [0.25, 0.3) is 0 Å². The number of nitrogens with zero attached hydrogens (tertiary/aromatic N) is 2. The molecular weight excluding hydrogens is 286 g/mol. The highest BCUT2D eigenvalue weighted by Crippen LogP contribution is 2.23. The third kappa shape index (κ3) is 4.61. The molecule has 1 atom stereocenters. The predicted molar refractivity (Wildman–Crippen MR) is 86.3 cm³/mol. The van der Waals surface area contributed by atoms with E-state index in [0.29, 0.717) is 13.0 Å². The van der Waals surface area contributed by atoms with Gasteiger partial charge in [-0.25, -0.2) is 0 Å². The van der Waals surface area contributed by atoms with Crippen LogP contribution in [0.1, 0.15) is 27.2 Å². The lowest BCUT2D eigenvalue weighted by molar-refractivity contribution is -0.136. The Morgan fingerprint density at radius 2 is 1.81 bits per heavy atom. The highest BCUT2D eigenvalue weighted by molar-refractivity contribution is 7.99. The Hall–Kier alpha value is -0.750. The van der Waals surface area contributed by atoms with Crippen LogP contribution in [0.3, 0.4) is 0 Å². The van der Waals surface area contributed by atoms with Crippen LogP contribution < -0.4 is 5.32 Å². The van der Waals surface area contributed by atoms with E-state index >= 15 is 0 Å². The third-order valence-corrected chi connectivity index (χ3v) is 5.07. The second-order valence-corrected chi connectivity index (χ2v) is 8.12. The summed E-state index contributed by atoms with van der Waals surface area (Å²) in [5.74, 6) is 2.41. The van der Waals surface area contributed by atoms with Crippen molar-refractivity contribution in [3.8, 4) is 0 Å². The normalized spacial score (nSPS) is 25.7. The maximum absolute atomic E-state index is 12.7. The Labute approximate surface area is 131 Å². The van der Waals surface area contributed by atoms with Crippen LogP contribution in [-0.4, -0.2) is 71.9 Å². The second-order valence-electron chi connectivity index (χ2n) is 6.90. The second kappa shape index (κ2) is 7.01. The molecule has 6 heteroatoms. The van der Waals surface area contributed by atoms with E-state index in [4.69, 9.17) is 0 Å². The quantitative estimate of drug-likeness (QED) is 0.837. The largest absolute Gasteiger partial charge is 0.344 e. The minimum atomic E-state index is -0.413. The first-order valence-corrected chi connectivity index (χ1v) is 8.91. The summed E-state index contributed by atoms with van der Waals surface area (Å²) >= 11 is 1.99. The van der Waals surface area contributed by atoms with E-state index in [0.717, 1.165) is 26.2 Å². The highest BCUT2D eigenvalue weighted by atomic mass is 32.2. The number of hydrogen-bond donors (Lipinski definition) is 1. The number of carbonyl (C=O) groups excluding carboxylic acids is 2. The standard InChI is InChI=1S/C15H27N3O2S/c1-15(2,3)13-14(20)18(5-4-12(19)16-13)7-6-17-8-10-21-11-9-17/h13H,4-11H2,1-3H3,(H,16,19). The van der Waals surface area contributed by atoms with Crippen LogP contribution in [0.15, 0.2) is 0 Å². The molecule has 2 heterocycles. The summed E-state index contributed by atoms with van der Waals surface area (Å²) < 4.78 is 0. The molecule has 5 nitrogen and oxygen atoms in total. The Bertz CT molecular complexity index is 389. The van der Waals surface area contributed by atoms with Gasteiger partial charge in [-0.2, -0.15) is 11.8 Å². The molecule has 2 aliphatic rings. The number of thioether (sulfide) groups is 1. The van der Waals surface area contributed by atoms with E-state index in [1.807, 2.05) is 37.4 Å². The summed E-state index contributed by atoms with van der Waals surface area (Å²) in [7, 11) is 0. The number of amides is 2. The molecule has 0 aromatic heterocycles. The van der Waals surface area contributed by atoms with Gasteiger partial charge in [0, 0.05) is 50.7 Å². The Balaban J connectivity index is 1.96. The minimum Gasteiger partial charge on any atom is -0.344 e. The van der Waals surface area contributed by atoms with Gasteiger partial charge < -0.3 is 10.2 Å². The number of nitrogens with one attached hydrogen (secondary N) is 1.